The third kappa shape index (κ3) is 3.68. The molecule has 30 heavy (non-hydrogen) atoms. The molecule has 0 aromatic carbocycles. The minimum Gasteiger partial charge on any atom is -0.424 e. The average molecular weight is 428 g/mol. The van der Waals surface area contributed by atoms with Crippen LogP contribution in [-0.2, 0) is 19.7 Å². The third-order valence-corrected chi connectivity index (χ3v) is 7.60. The third-order valence-electron chi connectivity index (χ3n) is 7.60. The van der Waals surface area contributed by atoms with E-state index in [1.54, 1.807) is 0 Å². The summed E-state index contributed by atoms with van der Waals surface area (Å²) in [6.45, 7) is 2.39. The predicted octanol–water partition coefficient (Wildman–Crippen LogP) is 4.44. The molecule has 0 atom stereocenters. The van der Waals surface area contributed by atoms with Gasteiger partial charge in [-0.05, 0) is 56.3 Å². The summed E-state index contributed by atoms with van der Waals surface area (Å²) >= 11 is 0. The van der Waals surface area contributed by atoms with E-state index in [1.165, 1.54) is 6.42 Å². The molecule has 1 heterocycles. The molecule has 0 saturated heterocycles. The van der Waals surface area contributed by atoms with Gasteiger partial charge in [0.2, 0.25) is 11.8 Å². The van der Waals surface area contributed by atoms with Crippen LogP contribution in [0.5, 0.6) is 0 Å². The quantitative estimate of drug-likeness (QED) is 0.579. The van der Waals surface area contributed by atoms with Gasteiger partial charge < -0.3 is 9.15 Å². The molecule has 1 aromatic heterocycles. The maximum atomic E-state index is 12.3. The molecule has 0 unspecified atom stereocenters. The standard InChI is InChI=1S/C21H27F3N2O4/c1-2-12-3-15(4-12)28-8-14(27)7-19-9-20(10-19,11-19)18-26-25-17(29-18)13-5-16(6-13)30-21(22,23)24/h12-13,15-16H,2-11H2,1H3. The molecule has 6 nitrogen and oxygen atoms in total. The SMILES string of the molecule is CCC1CC(OCC(=O)CC23CC(c4nnc(C5CC(OC(F)(F)F)C5)o4)(C2)C3)C1. The van der Waals surface area contributed by atoms with Gasteiger partial charge in [0.05, 0.1) is 17.6 Å². The van der Waals surface area contributed by atoms with Gasteiger partial charge in [-0.1, -0.05) is 13.3 Å². The highest BCUT2D eigenvalue weighted by Gasteiger charge is 2.71. The zero-order valence-corrected chi connectivity index (χ0v) is 17.0. The zero-order valence-electron chi connectivity index (χ0n) is 17.0. The summed E-state index contributed by atoms with van der Waals surface area (Å²) in [5, 5.41) is 8.23. The Bertz CT molecular complexity index is 792. The van der Waals surface area contributed by atoms with E-state index >= 15 is 0 Å². The Morgan fingerprint density at radius 1 is 1.13 bits per heavy atom. The fourth-order valence-corrected chi connectivity index (χ4v) is 5.90. The van der Waals surface area contributed by atoms with Crippen LogP contribution >= 0.6 is 0 Å². The molecule has 9 heteroatoms. The molecular weight excluding hydrogens is 401 g/mol. The van der Waals surface area contributed by atoms with Crippen LogP contribution in [0.2, 0.25) is 0 Å². The molecule has 5 saturated carbocycles. The van der Waals surface area contributed by atoms with Crippen molar-refractivity contribution >= 4 is 5.78 Å². The van der Waals surface area contributed by atoms with Gasteiger partial charge in [-0.2, -0.15) is 0 Å². The summed E-state index contributed by atoms with van der Waals surface area (Å²) in [4.78, 5) is 12.3. The number of alkyl halides is 3. The minimum absolute atomic E-state index is 0.0444. The highest BCUT2D eigenvalue weighted by Crippen LogP contribution is 2.74. The Hall–Kier alpha value is -1.48. The first-order valence-electron chi connectivity index (χ1n) is 10.9. The van der Waals surface area contributed by atoms with Crippen LogP contribution in [-0.4, -0.2) is 41.2 Å². The molecule has 0 radical (unpaired) electrons. The van der Waals surface area contributed by atoms with Crippen molar-refractivity contribution in [2.24, 2.45) is 11.3 Å². The predicted molar refractivity (Wildman–Crippen MR) is 97.5 cm³/mol. The van der Waals surface area contributed by atoms with E-state index in [-0.39, 0.29) is 48.1 Å². The number of ketones is 1. The lowest BCUT2D eigenvalue weighted by atomic mass is 9.34. The summed E-state index contributed by atoms with van der Waals surface area (Å²) in [6, 6.07) is 0. The number of Topliss-reactive ketones (excluding diaryl/α,β-unsaturated/α-hetero) is 1. The van der Waals surface area contributed by atoms with Crippen LogP contribution in [0.25, 0.3) is 0 Å². The summed E-state index contributed by atoms with van der Waals surface area (Å²) in [5.74, 6) is 1.73. The lowest BCUT2D eigenvalue weighted by Gasteiger charge is -2.68. The molecular formula is C21H27F3N2O4. The molecule has 6 rings (SSSR count). The summed E-state index contributed by atoms with van der Waals surface area (Å²) in [6.07, 6.45) is 1.75. The minimum atomic E-state index is -4.60. The first-order chi connectivity index (χ1) is 14.2. The Balaban J connectivity index is 1.05. The first-order valence-corrected chi connectivity index (χ1v) is 10.9. The fraction of sp³-hybridized carbons (Fsp3) is 0.857. The molecule has 5 aliphatic rings. The number of ether oxygens (including phenoxy) is 2. The van der Waals surface area contributed by atoms with E-state index in [1.807, 2.05) is 0 Å². The van der Waals surface area contributed by atoms with E-state index in [0.29, 0.717) is 18.2 Å². The molecule has 1 aromatic rings. The van der Waals surface area contributed by atoms with Crippen molar-refractivity contribution in [2.75, 3.05) is 6.61 Å². The van der Waals surface area contributed by atoms with Gasteiger partial charge >= 0.3 is 6.36 Å². The first kappa shape index (κ1) is 20.4. The Labute approximate surface area is 172 Å². The van der Waals surface area contributed by atoms with Crippen LogP contribution in [0.15, 0.2) is 4.42 Å². The number of halogens is 3. The molecule has 0 spiro atoms. The van der Waals surface area contributed by atoms with Crippen molar-refractivity contribution in [3.63, 3.8) is 0 Å². The van der Waals surface area contributed by atoms with Gasteiger partial charge in [-0.3, -0.25) is 9.53 Å². The van der Waals surface area contributed by atoms with Crippen LogP contribution < -0.4 is 0 Å². The summed E-state index contributed by atoms with van der Waals surface area (Å²) in [7, 11) is 0. The van der Waals surface area contributed by atoms with Gasteiger partial charge in [0, 0.05) is 12.3 Å². The maximum Gasteiger partial charge on any atom is 0.522 e. The zero-order chi connectivity index (χ0) is 21.1. The van der Waals surface area contributed by atoms with Crippen molar-refractivity contribution in [1.82, 2.24) is 10.2 Å². The van der Waals surface area contributed by atoms with E-state index in [4.69, 9.17) is 9.15 Å². The molecule has 5 fully saturated rings. The second-order valence-corrected chi connectivity index (χ2v) is 10.0. The average Bonchev–Trinajstić information content (AvgIpc) is 2.99. The van der Waals surface area contributed by atoms with Crippen LogP contribution in [0.3, 0.4) is 0 Å². The van der Waals surface area contributed by atoms with Crippen molar-refractivity contribution in [2.45, 2.75) is 94.6 Å². The molecule has 166 valence electrons. The van der Waals surface area contributed by atoms with E-state index in [0.717, 1.165) is 38.0 Å². The number of aromatic nitrogens is 2. The number of nitrogens with zero attached hydrogens (tertiary/aromatic N) is 2. The highest BCUT2D eigenvalue weighted by molar-refractivity contribution is 5.81. The van der Waals surface area contributed by atoms with Gasteiger partial charge in [0.1, 0.15) is 6.61 Å². The molecule has 0 amide bonds. The Morgan fingerprint density at radius 2 is 1.83 bits per heavy atom. The normalized spacial score (nSPS) is 39.5. The molecule has 2 bridgehead atoms. The lowest BCUT2D eigenvalue weighted by molar-refractivity contribution is -0.352. The van der Waals surface area contributed by atoms with Crippen molar-refractivity contribution in [3.8, 4) is 0 Å². The number of carbonyl (C=O) groups excluding carboxylic acids is 1. The molecule has 0 aliphatic heterocycles. The fourth-order valence-electron chi connectivity index (χ4n) is 5.90. The van der Waals surface area contributed by atoms with Crippen molar-refractivity contribution < 1.29 is 31.9 Å². The van der Waals surface area contributed by atoms with Gasteiger partial charge in [0.15, 0.2) is 5.78 Å². The van der Waals surface area contributed by atoms with Crippen LogP contribution in [0.4, 0.5) is 13.2 Å². The Kier molecular flexibility index (Phi) is 4.78. The second-order valence-electron chi connectivity index (χ2n) is 10.0. The highest BCUT2D eigenvalue weighted by atomic mass is 19.4. The number of hydrogen-bond acceptors (Lipinski definition) is 6. The number of hydrogen-bond donors (Lipinski definition) is 0. The number of rotatable bonds is 9. The molecule has 5 aliphatic carbocycles. The van der Waals surface area contributed by atoms with Crippen molar-refractivity contribution in [1.29, 1.82) is 0 Å². The van der Waals surface area contributed by atoms with Gasteiger partial charge in [0.25, 0.3) is 0 Å². The van der Waals surface area contributed by atoms with Gasteiger partial charge in [-0.25, -0.2) is 0 Å². The Morgan fingerprint density at radius 3 is 2.47 bits per heavy atom. The second kappa shape index (κ2) is 7.02. The topological polar surface area (TPSA) is 74.5 Å². The van der Waals surface area contributed by atoms with Gasteiger partial charge in [-0.15, -0.1) is 23.4 Å². The summed E-state index contributed by atoms with van der Waals surface area (Å²) < 4.78 is 52.3. The van der Waals surface area contributed by atoms with E-state index < -0.39 is 12.5 Å². The monoisotopic (exact) mass is 428 g/mol. The number of carbonyl (C=O) groups is 1. The smallest absolute Gasteiger partial charge is 0.424 e. The largest absolute Gasteiger partial charge is 0.522 e. The van der Waals surface area contributed by atoms with E-state index in [2.05, 4.69) is 21.9 Å². The molecule has 0 N–H and O–H groups in total. The van der Waals surface area contributed by atoms with Crippen molar-refractivity contribution in [3.05, 3.63) is 11.8 Å². The van der Waals surface area contributed by atoms with Crippen LogP contribution in [0.1, 0.15) is 82.4 Å². The summed E-state index contributed by atoms with van der Waals surface area (Å²) in [5.41, 5.74) is -0.0942. The lowest BCUT2D eigenvalue weighted by Crippen LogP contribution is -2.65. The maximum absolute atomic E-state index is 12.3. The van der Waals surface area contributed by atoms with Crippen LogP contribution in [0, 0.1) is 11.3 Å². The van der Waals surface area contributed by atoms with E-state index in [9.17, 15) is 18.0 Å².